The van der Waals surface area contributed by atoms with Crippen LogP contribution in [0.5, 0.6) is 5.75 Å². The van der Waals surface area contributed by atoms with Gasteiger partial charge in [0, 0.05) is 10.9 Å². The standard InChI is InChI=1S/C11H8O3.Li/c12-10-6-8(11(13)14)5-7-3-1-2-4-9(7)10;/h1-6,12H,(H,13,14);/q;+1/p-1. The topological polar surface area (TPSA) is 60.4 Å². The molecule has 0 aliphatic carbocycles. The molecule has 0 aliphatic rings. The van der Waals surface area contributed by atoms with Crippen molar-refractivity contribution in [2.75, 3.05) is 0 Å². The van der Waals surface area contributed by atoms with Crippen molar-refractivity contribution < 1.29 is 33.9 Å². The molecule has 0 radical (unpaired) electrons. The average Bonchev–Trinajstić information content (AvgIpc) is 2.17. The Morgan fingerprint density at radius 1 is 1.20 bits per heavy atom. The van der Waals surface area contributed by atoms with Crippen molar-refractivity contribution in [3.8, 4) is 5.75 Å². The first kappa shape index (κ1) is 11.6. The van der Waals surface area contributed by atoms with E-state index in [1.165, 1.54) is 12.1 Å². The zero-order valence-electron chi connectivity index (χ0n) is 8.23. The number of aromatic hydroxyl groups is 1. The number of carboxylic acids is 1. The number of rotatable bonds is 1. The van der Waals surface area contributed by atoms with Gasteiger partial charge in [-0.25, -0.2) is 0 Å². The largest absolute Gasteiger partial charge is 1.00 e. The monoisotopic (exact) mass is 194 g/mol. The molecule has 2 aromatic carbocycles. The van der Waals surface area contributed by atoms with Crippen LogP contribution in [0.4, 0.5) is 0 Å². The van der Waals surface area contributed by atoms with Crippen molar-refractivity contribution >= 4 is 16.7 Å². The number of hydrogen-bond donors (Lipinski definition) is 1. The normalized spacial score (nSPS) is 9.60. The minimum atomic E-state index is -1.29. The van der Waals surface area contributed by atoms with Gasteiger partial charge < -0.3 is 15.0 Å². The summed E-state index contributed by atoms with van der Waals surface area (Å²) in [5, 5.41) is 21.4. The molecule has 0 atom stereocenters. The van der Waals surface area contributed by atoms with Crippen LogP contribution in [-0.4, -0.2) is 11.1 Å². The Labute approximate surface area is 98.5 Å². The maximum Gasteiger partial charge on any atom is 1.00 e. The molecular weight excluding hydrogens is 187 g/mol. The number of phenols is 1. The Kier molecular flexibility index (Phi) is 3.41. The van der Waals surface area contributed by atoms with Gasteiger partial charge in [0.15, 0.2) is 0 Å². The zero-order chi connectivity index (χ0) is 10.1. The predicted octanol–water partition coefficient (Wildman–Crippen LogP) is -2.09. The summed E-state index contributed by atoms with van der Waals surface area (Å²) in [5.41, 5.74) is -0.0128. The molecule has 70 valence electrons. The van der Waals surface area contributed by atoms with Gasteiger partial charge in [-0.1, -0.05) is 24.3 Å². The van der Waals surface area contributed by atoms with Gasteiger partial charge in [0.25, 0.3) is 0 Å². The molecule has 15 heavy (non-hydrogen) atoms. The summed E-state index contributed by atoms with van der Waals surface area (Å²) in [6.07, 6.45) is 0. The van der Waals surface area contributed by atoms with E-state index in [2.05, 4.69) is 0 Å². The third kappa shape index (κ3) is 2.15. The van der Waals surface area contributed by atoms with E-state index in [1.54, 1.807) is 24.3 Å². The molecule has 1 N–H and O–H groups in total. The molecule has 0 saturated heterocycles. The summed E-state index contributed by atoms with van der Waals surface area (Å²) in [7, 11) is 0. The smallest absolute Gasteiger partial charge is 0.545 e. The molecule has 0 aromatic heterocycles. The van der Waals surface area contributed by atoms with Gasteiger partial charge in [-0.05, 0) is 17.5 Å². The molecule has 2 aromatic rings. The first-order valence-corrected chi connectivity index (χ1v) is 4.11. The molecule has 3 nitrogen and oxygen atoms in total. The molecule has 0 spiro atoms. The fourth-order valence-corrected chi connectivity index (χ4v) is 1.41. The van der Waals surface area contributed by atoms with Gasteiger partial charge in [-0.2, -0.15) is 0 Å². The summed E-state index contributed by atoms with van der Waals surface area (Å²) in [6.45, 7) is 0. The number of fused-ring (bicyclic) bond motifs is 1. The number of carbonyl (C=O) groups excluding carboxylic acids is 1. The van der Waals surface area contributed by atoms with Crippen molar-refractivity contribution in [3.63, 3.8) is 0 Å². The number of phenolic OH excluding ortho intramolecular Hbond substituents is 1. The van der Waals surface area contributed by atoms with Crippen LogP contribution < -0.4 is 24.0 Å². The SMILES string of the molecule is O=C([O-])c1cc(O)c2ccccc2c1.[Li+]. The molecule has 0 fully saturated rings. The summed E-state index contributed by atoms with van der Waals surface area (Å²) in [5.74, 6) is -1.33. The maximum absolute atomic E-state index is 10.6. The third-order valence-electron chi connectivity index (χ3n) is 2.08. The van der Waals surface area contributed by atoms with E-state index in [9.17, 15) is 15.0 Å². The van der Waals surface area contributed by atoms with Crippen LogP contribution >= 0.6 is 0 Å². The van der Waals surface area contributed by atoms with Crippen LogP contribution in [0.3, 0.4) is 0 Å². The first-order valence-electron chi connectivity index (χ1n) is 4.11. The Balaban J connectivity index is 0.00000112. The van der Waals surface area contributed by atoms with Crippen molar-refractivity contribution in [2.24, 2.45) is 0 Å². The maximum atomic E-state index is 10.6. The summed E-state index contributed by atoms with van der Waals surface area (Å²) >= 11 is 0. The molecule has 0 unspecified atom stereocenters. The van der Waals surface area contributed by atoms with Crippen molar-refractivity contribution in [3.05, 3.63) is 42.0 Å². The predicted molar refractivity (Wildman–Crippen MR) is 49.9 cm³/mol. The number of aromatic carboxylic acids is 1. The quantitative estimate of drug-likeness (QED) is 0.530. The molecule has 0 bridgehead atoms. The van der Waals surface area contributed by atoms with Gasteiger partial charge in [-0.15, -0.1) is 0 Å². The van der Waals surface area contributed by atoms with Crippen LogP contribution in [0.25, 0.3) is 10.8 Å². The van der Waals surface area contributed by atoms with Crippen molar-refractivity contribution in [1.82, 2.24) is 0 Å². The Morgan fingerprint density at radius 2 is 1.87 bits per heavy atom. The second kappa shape index (κ2) is 4.39. The van der Waals surface area contributed by atoms with Crippen molar-refractivity contribution in [2.45, 2.75) is 0 Å². The molecule has 2 rings (SSSR count). The van der Waals surface area contributed by atoms with Gasteiger partial charge in [0.1, 0.15) is 5.75 Å². The Hall–Kier alpha value is -1.43. The molecular formula is C11H7LiO3. The average molecular weight is 194 g/mol. The molecule has 0 aliphatic heterocycles. The van der Waals surface area contributed by atoms with Crippen LogP contribution in [0.2, 0.25) is 0 Å². The number of benzene rings is 2. The van der Waals surface area contributed by atoms with Crippen molar-refractivity contribution in [1.29, 1.82) is 0 Å². The van der Waals surface area contributed by atoms with E-state index in [4.69, 9.17) is 0 Å². The van der Waals surface area contributed by atoms with Gasteiger partial charge in [0.05, 0.1) is 5.97 Å². The second-order valence-electron chi connectivity index (χ2n) is 3.00. The van der Waals surface area contributed by atoms with Crippen LogP contribution in [0.1, 0.15) is 10.4 Å². The fraction of sp³-hybridized carbons (Fsp3) is 0. The first-order chi connectivity index (χ1) is 6.68. The minimum absolute atomic E-state index is 0. The van der Waals surface area contributed by atoms with Crippen LogP contribution in [0, 0.1) is 0 Å². The molecule has 0 saturated carbocycles. The molecule has 0 amide bonds. The summed E-state index contributed by atoms with van der Waals surface area (Å²) < 4.78 is 0. The molecule has 4 heteroatoms. The van der Waals surface area contributed by atoms with E-state index in [1.807, 2.05) is 0 Å². The fourth-order valence-electron chi connectivity index (χ4n) is 1.41. The number of carboxylic acid groups (broad SMARTS) is 1. The summed E-state index contributed by atoms with van der Waals surface area (Å²) in [6, 6.07) is 9.69. The zero-order valence-corrected chi connectivity index (χ0v) is 8.23. The minimum Gasteiger partial charge on any atom is -0.545 e. The van der Waals surface area contributed by atoms with E-state index in [-0.39, 0.29) is 30.2 Å². The van der Waals surface area contributed by atoms with E-state index in [0.717, 1.165) is 0 Å². The Bertz CT molecular complexity index is 508. The van der Waals surface area contributed by atoms with Gasteiger partial charge in [-0.3, -0.25) is 0 Å². The number of carbonyl (C=O) groups is 1. The van der Waals surface area contributed by atoms with Gasteiger partial charge >= 0.3 is 18.9 Å². The van der Waals surface area contributed by atoms with E-state index >= 15 is 0 Å². The van der Waals surface area contributed by atoms with E-state index in [0.29, 0.717) is 10.8 Å². The number of hydrogen-bond acceptors (Lipinski definition) is 3. The second-order valence-corrected chi connectivity index (χ2v) is 3.00. The third-order valence-corrected chi connectivity index (χ3v) is 2.08. The summed E-state index contributed by atoms with van der Waals surface area (Å²) in [4.78, 5) is 10.6. The molecule has 0 heterocycles. The van der Waals surface area contributed by atoms with Gasteiger partial charge in [0.2, 0.25) is 0 Å². The van der Waals surface area contributed by atoms with Crippen LogP contribution in [-0.2, 0) is 0 Å². The van der Waals surface area contributed by atoms with Crippen LogP contribution in [0.15, 0.2) is 36.4 Å². The van der Waals surface area contributed by atoms with E-state index < -0.39 is 5.97 Å². The Morgan fingerprint density at radius 3 is 2.53 bits per heavy atom.